The fourth-order valence-electron chi connectivity index (χ4n) is 1.53. The van der Waals surface area contributed by atoms with Crippen LogP contribution in [0.15, 0.2) is 39.3 Å². The first-order chi connectivity index (χ1) is 8.99. The molecule has 0 amide bonds. The lowest BCUT2D eigenvalue weighted by atomic mass is 10.2. The number of halogens is 4. The second kappa shape index (κ2) is 5.88. The molecule has 0 bridgehead atoms. The molecular formula is C13H9Br2F2NO. The van der Waals surface area contributed by atoms with Gasteiger partial charge in [-0.15, -0.1) is 0 Å². The van der Waals surface area contributed by atoms with Crippen molar-refractivity contribution in [1.29, 1.82) is 0 Å². The topological polar surface area (TPSA) is 35.2 Å². The van der Waals surface area contributed by atoms with Crippen LogP contribution in [0.2, 0.25) is 0 Å². The first kappa shape index (κ1) is 14.3. The highest BCUT2D eigenvalue weighted by molar-refractivity contribution is 9.11. The Kier molecular flexibility index (Phi) is 4.42. The molecule has 0 saturated carbocycles. The van der Waals surface area contributed by atoms with Crippen LogP contribution in [0, 0.1) is 11.6 Å². The average molecular weight is 393 g/mol. The predicted octanol–water partition coefficient (Wildman–Crippen LogP) is 4.65. The van der Waals surface area contributed by atoms with Gasteiger partial charge in [-0.2, -0.15) is 0 Å². The van der Waals surface area contributed by atoms with E-state index in [-0.39, 0.29) is 12.2 Å². The Morgan fingerprint density at radius 1 is 1.05 bits per heavy atom. The molecule has 2 aromatic rings. The normalized spacial score (nSPS) is 10.5. The van der Waals surface area contributed by atoms with Gasteiger partial charge in [0.15, 0.2) is 0 Å². The van der Waals surface area contributed by atoms with Crippen LogP contribution < -0.4 is 10.5 Å². The molecule has 0 aliphatic carbocycles. The molecule has 0 saturated heterocycles. The van der Waals surface area contributed by atoms with Crippen molar-refractivity contribution >= 4 is 37.5 Å². The van der Waals surface area contributed by atoms with E-state index in [1.807, 2.05) is 0 Å². The molecule has 0 spiro atoms. The minimum atomic E-state index is -0.636. The zero-order valence-corrected chi connectivity index (χ0v) is 12.8. The summed E-state index contributed by atoms with van der Waals surface area (Å²) in [7, 11) is 0. The van der Waals surface area contributed by atoms with E-state index in [9.17, 15) is 8.78 Å². The van der Waals surface area contributed by atoms with E-state index >= 15 is 0 Å². The van der Waals surface area contributed by atoms with Gasteiger partial charge in [0.05, 0.1) is 14.5 Å². The van der Waals surface area contributed by atoms with Crippen LogP contribution in [0.1, 0.15) is 5.56 Å². The second-order valence-corrected chi connectivity index (χ2v) is 5.51. The summed E-state index contributed by atoms with van der Waals surface area (Å²) in [6.07, 6.45) is 0. The molecule has 2 N–H and O–H groups in total. The highest BCUT2D eigenvalue weighted by Crippen LogP contribution is 2.36. The summed E-state index contributed by atoms with van der Waals surface area (Å²) in [5, 5.41) is 0. The third-order valence-corrected chi connectivity index (χ3v) is 3.62. The SMILES string of the molecule is Nc1cc(Br)c(OCc2c(F)cccc2F)c(Br)c1. The van der Waals surface area contributed by atoms with Gasteiger partial charge in [-0.3, -0.25) is 0 Å². The van der Waals surface area contributed by atoms with Crippen molar-refractivity contribution in [3.63, 3.8) is 0 Å². The Balaban J connectivity index is 2.24. The van der Waals surface area contributed by atoms with E-state index in [4.69, 9.17) is 10.5 Å². The monoisotopic (exact) mass is 391 g/mol. The lowest BCUT2D eigenvalue weighted by Crippen LogP contribution is -2.03. The van der Waals surface area contributed by atoms with Crippen LogP contribution >= 0.6 is 31.9 Å². The molecule has 0 aromatic heterocycles. The fourth-order valence-corrected chi connectivity index (χ4v) is 2.98. The Bertz CT molecular complexity index is 576. The van der Waals surface area contributed by atoms with Gasteiger partial charge in [0.2, 0.25) is 0 Å². The highest BCUT2D eigenvalue weighted by Gasteiger charge is 2.12. The van der Waals surface area contributed by atoms with Crippen LogP contribution in [-0.2, 0) is 6.61 Å². The molecule has 0 radical (unpaired) electrons. The quantitative estimate of drug-likeness (QED) is 0.771. The predicted molar refractivity (Wildman–Crippen MR) is 76.9 cm³/mol. The maximum absolute atomic E-state index is 13.5. The van der Waals surface area contributed by atoms with Crippen molar-refractivity contribution in [2.45, 2.75) is 6.61 Å². The van der Waals surface area contributed by atoms with Gasteiger partial charge < -0.3 is 10.5 Å². The lowest BCUT2D eigenvalue weighted by Gasteiger charge is -2.12. The maximum atomic E-state index is 13.5. The first-order valence-electron chi connectivity index (χ1n) is 5.29. The highest BCUT2D eigenvalue weighted by atomic mass is 79.9. The van der Waals surface area contributed by atoms with Crippen LogP contribution in [0.5, 0.6) is 5.75 Å². The molecule has 0 atom stereocenters. The van der Waals surface area contributed by atoms with Crippen molar-refractivity contribution in [2.75, 3.05) is 5.73 Å². The smallest absolute Gasteiger partial charge is 0.148 e. The molecule has 100 valence electrons. The number of hydrogen-bond donors (Lipinski definition) is 1. The van der Waals surface area contributed by atoms with E-state index in [0.29, 0.717) is 20.4 Å². The molecule has 2 aromatic carbocycles. The third-order valence-electron chi connectivity index (χ3n) is 2.44. The number of ether oxygens (including phenoxy) is 1. The van der Waals surface area contributed by atoms with Gasteiger partial charge in [-0.1, -0.05) is 6.07 Å². The minimum Gasteiger partial charge on any atom is -0.486 e. The standard InChI is InChI=1S/C13H9Br2F2NO/c14-9-4-7(18)5-10(15)13(9)19-6-8-11(16)2-1-3-12(8)17/h1-5H,6,18H2. The number of benzene rings is 2. The number of nitrogens with two attached hydrogens (primary N) is 1. The van der Waals surface area contributed by atoms with Crippen molar-refractivity contribution in [1.82, 2.24) is 0 Å². The summed E-state index contributed by atoms with van der Waals surface area (Å²) < 4.78 is 33.6. The number of rotatable bonds is 3. The van der Waals surface area contributed by atoms with Gasteiger partial charge in [0.1, 0.15) is 24.0 Å². The number of hydrogen-bond acceptors (Lipinski definition) is 2. The Hall–Kier alpha value is -1.14. The van der Waals surface area contributed by atoms with Crippen molar-refractivity contribution in [3.8, 4) is 5.75 Å². The molecule has 0 aliphatic heterocycles. The molecule has 19 heavy (non-hydrogen) atoms. The summed E-state index contributed by atoms with van der Waals surface area (Å²) in [5.74, 6) is -0.831. The van der Waals surface area contributed by atoms with E-state index in [1.54, 1.807) is 12.1 Å². The summed E-state index contributed by atoms with van der Waals surface area (Å²) in [4.78, 5) is 0. The molecule has 6 heteroatoms. The molecule has 2 nitrogen and oxygen atoms in total. The van der Waals surface area contributed by atoms with Crippen LogP contribution in [0.3, 0.4) is 0 Å². The number of anilines is 1. The molecule has 0 fully saturated rings. The maximum Gasteiger partial charge on any atom is 0.148 e. The molecule has 0 aliphatic rings. The Labute approximate surface area is 125 Å². The summed E-state index contributed by atoms with van der Waals surface area (Å²) in [6, 6.07) is 6.99. The van der Waals surface area contributed by atoms with Gasteiger partial charge in [0, 0.05) is 5.69 Å². The number of nitrogen functional groups attached to an aromatic ring is 1. The summed E-state index contributed by atoms with van der Waals surface area (Å²) >= 11 is 6.57. The largest absolute Gasteiger partial charge is 0.486 e. The molecular weight excluding hydrogens is 384 g/mol. The summed E-state index contributed by atoms with van der Waals surface area (Å²) in [6.45, 7) is -0.209. The minimum absolute atomic E-state index is 0.113. The molecule has 0 unspecified atom stereocenters. The van der Waals surface area contributed by atoms with E-state index in [2.05, 4.69) is 31.9 Å². The van der Waals surface area contributed by atoms with Crippen molar-refractivity contribution < 1.29 is 13.5 Å². The first-order valence-corrected chi connectivity index (χ1v) is 6.88. The lowest BCUT2D eigenvalue weighted by molar-refractivity contribution is 0.289. The van der Waals surface area contributed by atoms with Crippen molar-refractivity contribution in [2.24, 2.45) is 0 Å². The second-order valence-electron chi connectivity index (χ2n) is 3.80. The Morgan fingerprint density at radius 2 is 1.58 bits per heavy atom. The van der Waals surface area contributed by atoms with Crippen LogP contribution in [0.25, 0.3) is 0 Å². The average Bonchev–Trinajstić information content (AvgIpc) is 2.31. The van der Waals surface area contributed by atoms with Gasteiger partial charge >= 0.3 is 0 Å². The third kappa shape index (κ3) is 3.25. The van der Waals surface area contributed by atoms with Gasteiger partial charge in [0.25, 0.3) is 0 Å². The summed E-state index contributed by atoms with van der Waals surface area (Å²) in [5.41, 5.74) is 6.08. The van der Waals surface area contributed by atoms with E-state index in [1.165, 1.54) is 18.2 Å². The van der Waals surface area contributed by atoms with E-state index in [0.717, 1.165) is 0 Å². The van der Waals surface area contributed by atoms with E-state index < -0.39 is 11.6 Å². The van der Waals surface area contributed by atoms with Crippen LogP contribution in [0.4, 0.5) is 14.5 Å². The zero-order valence-electron chi connectivity index (χ0n) is 9.59. The fraction of sp³-hybridized carbons (Fsp3) is 0.0769. The zero-order chi connectivity index (χ0) is 14.0. The van der Waals surface area contributed by atoms with Gasteiger partial charge in [-0.25, -0.2) is 8.78 Å². The van der Waals surface area contributed by atoms with Crippen molar-refractivity contribution in [3.05, 3.63) is 56.5 Å². The molecule has 2 rings (SSSR count). The van der Waals surface area contributed by atoms with Gasteiger partial charge in [-0.05, 0) is 56.1 Å². The van der Waals surface area contributed by atoms with Crippen LogP contribution in [-0.4, -0.2) is 0 Å². The molecule has 0 heterocycles. The Morgan fingerprint density at radius 3 is 2.11 bits per heavy atom.